The van der Waals surface area contributed by atoms with E-state index in [1.165, 1.54) is 32.6 Å². The van der Waals surface area contributed by atoms with Crippen molar-refractivity contribution in [3.05, 3.63) is 18.2 Å². The summed E-state index contributed by atoms with van der Waals surface area (Å²) >= 11 is 0. The van der Waals surface area contributed by atoms with Gasteiger partial charge < -0.3 is 10.1 Å². The van der Waals surface area contributed by atoms with Crippen LogP contribution in [0.1, 0.15) is 46.0 Å². The third-order valence-electron chi connectivity index (χ3n) is 4.38. The molecule has 1 saturated carbocycles. The number of ether oxygens (including phenoxy) is 1. The standard InChI is InChI=1S/C17H26N2O4S/c1-4-19(14-8-6-5-7-9-14)24(21,22)15-10-11-17(23-3)16(12-15)18-13(2)20/h10-12,14H,4-9H2,1-3H3,(H,18,20). The molecule has 0 spiro atoms. The Hall–Kier alpha value is -1.60. The number of anilines is 1. The number of sulfonamides is 1. The summed E-state index contributed by atoms with van der Waals surface area (Å²) in [6.45, 7) is 3.68. The minimum Gasteiger partial charge on any atom is -0.495 e. The van der Waals surface area contributed by atoms with Crippen molar-refractivity contribution in [1.82, 2.24) is 4.31 Å². The number of carbonyl (C=O) groups excluding carboxylic acids is 1. The zero-order valence-electron chi connectivity index (χ0n) is 14.5. The maximum Gasteiger partial charge on any atom is 0.243 e. The lowest BCUT2D eigenvalue weighted by Gasteiger charge is -2.32. The normalized spacial score (nSPS) is 16.2. The molecule has 1 aliphatic rings. The molecule has 6 nitrogen and oxygen atoms in total. The largest absolute Gasteiger partial charge is 0.495 e. The molecule has 0 radical (unpaired) electrons. The first-order chi connectivity index (χ1) is 11.4. The Labute approximate surface area is 144 Å². The fourth-order valence-electron chi connectivity index (χ4n) is 3.26. The molecule has 0 unspecified atom stereocenters. The highest BCUT2D eigenvalue weighted by Crippen LogP contribution is 2.32. The summed E-state index contributed by atoms with van der Waals surface area (Å²) in [7, 11) is -2.13. The van der Waals surface area contributed by atoms with Crippen molar-refractivity contribution in [2.24, 2.45) is 0 Å². The molecular formula is C17H26N2O4S. The van der Waals surface area contributed by atoms with Gasteiger partial charge >= 0.3 is 0 Å². The number of carbonyl (C=O) groups is 1. The number of methoxy groups -OCH3 is 1. The summed E-state index contributed by atoms with van der Waals surface area (Å²) in [6, 6.07) is 4.64. The summed E-state index contributed by atoms with van der Waals surface area (Å²) in [4.78, 5) is 11.5. The second-order valence-corrected chi connectivity index (χ2v) is 7.93. The first kappa shape index (κ1) is 18.7. The van der Waals surface area contributed by atoms with Crippen LogP contribution >= 0.6 is 0 Å². The second-order valence-electron chi connectivity index (χ2n) is 6.04. The van der Waals surface area contributed by atoms with Crippen molar-refractivity contribution in [2.45, 2.75) is 56.9 Å². The summed E-state index contributed by atoms with van der Waals surface area (Å²) < 4.78 is 32.9. The summed E-state index contributed by atoms with van der Waals surface area (Å²) in [5.74, 6) is 0.160. The van der Waals surface area contributed by atoms with Gasteiger partial charge in [0.1, 0.15) is 5.75 Å². The maximum atomic E-state index is 13.1. The van der Waals surface area contributed by atoms with Crippen molar-refractivity contribution in [3.8, 4) is 5.75 Å². The van der Waals surface area contributed by atoms with Gasteiger partial charge in [0, 0.05) is 19.5 Å². The fourth-order valence-corrected chi connectivity index (χ4v) is 4.98. The van der Waals surface area contributed by atoms with Crippen molar-refractivity contribution in [1.29, 1.82) is 0 Å². The Kier molecular flexibility index (Phi) is 6.23. The van der Waals surface area contributed by atoms with Crippen LogP contribution in [-0.4, -0.2) is 38.3 Å². The summed E-state index contributed by atoms with van der Waals surface area (Å²) in [5, 5.41) is 2.63. The quantitative estimate of drug-likeness (QED) is 0.852. The van der Waals surface area contributed by atoms with E-state index >= 15 is 0 Å². The fraction of sp³-hybridized carbons (Fsp3) is 0.588. The molecule has 1 fully saturated rings. The average Bonchev–Trinajstić information content (AvgIpc) is 2.55. The molecule has 1 N–H and O–H groups in total. The molecule has 0 aromatic heterocycles. The predicted molar refractivity (Wildman–Crippen MR) is 93.7 cm³/mol. The molecule has 1 aromatic carbocycles. The van der Waals surface area contributed by atoms with Gasteiger partial charge in [0.05, 0.1) is 17.7 Å². The van der Waals surface area contributed by atoms with Gasteiger partial charge in [-0.1, -0.05) is 26.2 Å². The number of amides is 1. The molecule has 0 atom stereocenters. The van der Waals surface area contributed by atoms with Crippen LogP contribution in [0.15, 0.2) is 23.1 Å². The lowest BCUT2D eigenvalue weighted by atomic mass is 9.95. The molecule has 1 aliphatic carbocycles. The number of nitrogens with one attached hydrogen (secondary N) is 1. The number of benzene rings is 1. The van der Waals surface area contributed by atoms with E-state index in [4.69, 9.17) is 4.74 Å². The zero-order valence-corrected chi connectivity index (χ0v) is 15.4. The van der Waals surface area contributed by atoms with Gasteiger partial charge in [-0.2, -0.15) is 4.31 Å². The molecule has 0 aliphatic heterocycles. The predicted octanol–water partition coefficient (Wildman–Crippen LogP) is 3.00. The van der Waals surface area contributed by atoms with Gasteiger partial charge in [-0.3, -0.25) is 4.79 Å². The smallest absolute Gasteiger partial charge is 0.243 e. The van der Waals surface area contributed by atoms with Crippen LogP contribution in [-0.2, 0) is 14.8 Å². The van der Waals surface area contributed by atoms with E-state index in [1.54, 1.807) is 10.4 Å². The lowest BCUT2D eigenvalue weighted by molar-refractivity contribution is -0.114. The molecule has 0 bridgehead atoms. The number of nitrogens with zero attached hydrogens (tertiary/aromatic N) is 1. The van der Waals surface area contributed by atoms with E-state index < -0.39 is 10.0 Å². The van der Waals surface area contributed by atoms with Crippen LogP contribution in [0.3, 0.4) is 0 Å². The highest BCUT2D eigenvalue weighted by Gasteiger charge is 2.31. The van der Waals surface area contributed by atoms with Crippen molar-refractivity contribution in [2.75, 3.05) is 19.0 Å². The van der Waals surface area contributed by atoms with E-state index in [1.807, 2.05) is 6.92 Å². The van der Waals surface area contributed by atoms with Crippen LogP contribution < -0.4 is 10.1 Å². The van der Waals surface area contributed by atoms with Gasteiger partial charge in [-0.25, -0.2) is 8.42 Å². The van der Waals surface area contributed by atoms with Gasteiger partial charge in [-0.15, -0.1) is 0 Å². The molecule has 24 heavy (non-hydrogen) atoms. The van der Waals surface area contributed by atoms with E-state index in [2.05, 4.69) is 5.32 Å². The van der Waals surface area contributed by atoms with E-state index in [0.717, 1.165) is 25.7 Å². The molecule has 0 saturated heterocycles. The molecule has 7 heteroatoms. The topological polar surface area (TPSA) is 75.7 Å². The van der Waals surface area contributed by atoms with Crippen LogP contribution in [0.25, 0.3) is 0 Å². The Morgan fingerprint density at radius 2 is 1.96 bits per heavy atom. The first-order valence-corrected chi connectivity index (χ1v) is 9.81. The van der Waals surface area contributed by atoms with E-state index in [0.29, 0.717) is 18.0 Å². The first-order valence-electron chi connectivity index (χ1n) is 8.37. The number of hydrogen-bond donors (Lipinski definition) is 1. The van der Waals surface area contributed by atoms with Crippen molar-refractivity contribution < 1.29 is 17.9 Å². The zero-order chi connectivity index (χ0) is 17.7. The van der Waals surface area contributed by atoms with Gasteiger partial charge in [0.15, 0.2) is 0 Å². The van der Waals surface area contributed by atoms with Crippen LogP contribution in [0.2, 0.25) is 0 Å². The van der Waals surface area contributed by atoms with Crippen LogP contribution in [0, 0.1) is 0 Å². The molecular weight excluding hydrogens is 328 g/mol. The Morgan fingerprint density at radius 1 is 1.29 bits per heavy atom. The number of rotatable bonds is 6. The summed E-state index contributed by atoms with van der Waals surface area (Å²) in [5.41, 5.74) is 0.366. The third kappa shape index (κ3) is 4.08. The molecule has 1 aromatic rings. The van der Waals surface area contributed by atoms with Gasteiger partial charge in [-0.05, 0) is 31.0 Å². The summed E-state index contributed by atoms with van der Waals surface area (Å²) in [6.07, 6.45) is 5.11. The number of hydrogen-bond acceptors (Lipinski definition) is 4. The highest BCUT2D eigenvalue weighted by atomic mass is 32.2. The second kappa shape index (κ2) is 7.98. The Morgan fingerprint density at radius 3 is 2.50 bits per heavy atom. The Balaban J connectivity index is 2.37. The molecule has 2 rings (SSSR count). The van der Waals surface area contributed by atoms with Crippen LogP contribution in [0.5, 0.6) is 5.75 Å². The SMILES string of the molecule is CCN(C1CCCCC1)S(=O)(=O)c1ccc(OC)c(NC(C)=O)c1. The molecule has 134 valence electrons. The third-order valence-corrected chi connectivity index (χ3v) is 6.41. The monoisotopic (exact) mass is 354 g/mol. The van der Waals surface area contributed by atoms with Crippen LogP contribution in [0.4, 0.5) is 5.69 Å². The Bertz CT molecular complexity index is 682. The lowest BCUT2D eigenvalue weighted by Crippen LogP contribution is -2.41. The minimum absolute atomic E-state index is 0.0556. The minimum atomic E-state index is -3.61. The maximum absolute atomic E-state index is 13.1. The van der Waals surface area contributed by atoms with Gasteiger partial charge in [0.25, 0.3) is 0 Å². The van der Waals surface area contributed by atoms with E-state index in [9.17, 15) is 13.2 Å². The van der Waals surface area contributed by atoms with Crippen molar-refractivity contribution in [3.63, 3.8) is 0 Å². The molecule has 1 amide bonds. The van der Waals surface area contributed by atoms with Crippen molar-refractivity contribution >= 4 is 21.6 Å². The molecule has 0 heterocycles. The average molecular weight is 354 g/mol. The highest BCUT2D eigenvalue weighted by molar-refractivity contribution is 7.89. The van der Waals surface area contributed by atoms with Gasteiger partial charge in [0.2, 0.25) is 15.9 Å². The van der Waals surface area contributed by atoms with E-state index in [-0.39, 0.29) is 16.8 Å².